The number of aliphatic hydroxyl groups excluding tert-OH is 5. The van der Waals surface area contributed by atoms with Gasteiger partial charge in [-0.1, -0.05) is 0 Å². The van der Waals surface area contributed by atoms with Gasteiger partial charge in [0.1, 0.15) is 52.5 Å². The molecule has 2 saturated heterocycles. The Morgan fingerprint density at radius 1 is 0.929 bits per heavy atom. The van der Waals surface area contributed by atoms with Gasteiger partial charge in [0.05, 0.1) is 19.8 Å². The summed E-state index contributed by atoms with van der Waals surface area (Å²) in [5.41, 5.74) is -3.51. The van der Waals surface area contributed by atoms with E-state index in [1.807, 2.05) is 0 Å². The topological polar surface area (TPSA) is 269 Å². The normalized spacial score (nSPS) is 31.4. The smallest absolute Gasteiger partial charge is 0.239 e. The molecule has 0 aliphatic carbocycles. The highest BCUT2D eigenvalue weighted by atomic mass is 16.8. The first-order valence-electron chi connectivity index (χ1n) is 12.5. The Hall–Kier alpha value is -3.71. The Morgan fingerprint density at radius 3 is 2.31 bits per heavy atom. The summed E-state index contributed by atoms with van der Waals surface area (Å²) in [6.07, 6.45) is -12.3. The van der Waals surface area contributed by atoms with Gasteiger partial charge in [0.25, 0.3) is 0 Å². The second-order valence-electron chi connectivity index (χ2n) is 9.94. The van der Waals surface area contributed by atoms with E-state index in [-0.39, 0.29) is 11.1 Å². The van der Waals surface area contributed by atoms with Crippen molar-refractivity contribution in [3.63, 3.8) is 0 Å². The van der Waals surface area contributed by atoms with Crippen LogP contribution < -0.4 is 10.2 Å². The molecular formula is C26H28O16. The molecule has 5 unspecified atom stereocenters. The molecule has 2 aliphatic rings. The minimum Gasteiger partial charge on any atom is -0.508 e. The molecule has 1 aromatic heterocycles. The van der Waals surface area contributed by atoms with Crippen molar-refractivity contribution in [3.05, 3.63) is 40.6 Å². The highest BCUT2D eigenvalue weighted by Gasteiger charge is 2.53. The first-order valence-corrected chi connectivity index (χ1v) is 12.5. The molecule has 42 heavy (non-hydrogen) atoms. The van der Waals surface area contributed by atoms with E-state index in [9.17, 15) is 55.9 Å². The highest BCUT2D eigenvalue weighted by Crippen LogP contribution is 2.40. The highest BCUT2D eigenvalue weighted by molar-refractivity contribution is 5.88. The fourth-order valence-corrected chi connectivity index (χ4v) is 4.71. The first-order chi connectivity index (χ1) is 19.9. The summed E-state index contributed by atoms with van der Waals surface area (Å²) in [6.45, 7) is -2.31. The summed E-state index contributed by atoms with van der Waals surface area (Å²) < 4.78 is 28.0. The average Bonchev–Trinajstić information content (AvgIpc) is 3.23. The van der Waals surface area contributed by atoms with Crippen LogP contribution in [0.25, 0.3) is 22.3 Å². The molecule has 228 valence electrons. The number of hydrogen-bond donors (Lipinski definition) is 10. The van der Waals surface area contributed by atoms with Crippen molar-refractivity contribution in [1.82, 2.24) is 0 Å². The lowest BCUT2D eigenvalue weighted by Gasteiger charge is -2.42. The van der Waals surface area contributed by atoms with E-state index < -0.39 is 114 Å². The Labute approximate surface area is 235 Å². The monoisotopic (exact) mass is 596 g/mol. The summed E-state index contributed by atoms with van der Waals surface area (Å²) in [7, 11) is 0. The number of phenolic OH excluding ortho intramolecular Hbond substituents is 4. The Bertz CT molecular complexity index is 1520. The van der Waals surface area contributed by atoms with Crippen LogP contribution in [0.2, 0.25) is 0 Å². The molecule has 2 aliphatic heterocycles. The van der Waals surface area contributed by atoms with Gasteiger partial charge in [0.2, 0.25) is 17.5 Å². The molecule has 2 fully saturated rings. The molecule has 2 aromatic carbocycles. The van der Waals surface area contributed by atoms with E-state index >= 15 is 0 Å². The Balaban J connectivity index is 1.62. The molecule has 0 amide bonds. The maximum absolute atomic E-state index is 13.7. The van der Waals surface area contributed by atoms with Gasteiger partial charge in [-0.3, -0.25) is 4.79 Å². The zero-order valence-corrected chi connectivity index (χ0v) is 21.5. The maximum atomic E-state index is 13.7. The number of phenols is 4. The fourth-order valence-electron chi connectivity index (χ4n) is 4.71. The van der Waals surface area contributed by atoms with Crippen LogP contribution in [-0.2, 0) is 14.2 Å². The van der Waals surface area contributed by atoms with Crippen LogP contribution in [0, 0.1) is 0 Å². The van der Waals surface area contributed by atoms with Crippen molar-refractivity contribution < 1.29 is 74.4 Å². The average molecular weight is 596 g/mol. The molecule has 16 nitrogen and oxygen atoms in total. The fraction of sp³-hybridized carbons (Fsp3) is 0.423. The number of fused-ring (bicyclic) bond motifs is 1. The Kier molecular flexibility index (Phi) is 7.92. The van der Waals surface area contributed by atoms with Crippen molar-refractivity contribution in [2.45, 2.75) is 48.7 Å². The van der Waals surface area contributed by atoms with Gasteiger partial charge in [-0.15, -0.1) is 0 Å². The third-order valence-corrected chi connectivity index (χ3v) is 7.08. The summed E-state index contributed by atoms with van der Waals surface area (Å²) in [6, 6.07) is 5.21. The van der Waals surface area contributed by atoms with Crippen LogP contribution >= 0.6 is 0 Å². The molecule has 0 radical (unpaired) electrons. The van der Waals surface area contributed by atoms with Gasteiger partial charge in [-0.05, 0) is 18.2 Å². The number of rotatable bonds is 7. The van der Waals surface area contributed by atoms with Crippen molar-refractivity contribution in [3.8, 4) is 40.1 Å². The summed E-state index contributed by atoms with van der Waals surface area (Å²) >= 11 is 0. The zero-order chi connectivity index (χ0) is 30.5. The van der Waals surface area contributed by atoms with Crippen LogP contribution in [0.5, 0.6) is 28.7 Å². The van der Waals surface area contributed by atoms with Crippen molar-refractivity contribution in [2.24, 2.45) is 0 Å². The molecule has 5 rings (SSSR count). The molecule has 0 spiro atoms. The number of benzene rings is 2. The predicted octanol–water partition coefficient (Wildman–Crippen LogP) is -2.07. The van der Waals surface area contributed by atoms with Gasteiger partial charge in [0.15, 0.2) is 29.7 Å². The number of aliphatic hydroxyl groups is 6. The molecule has 16 heteroatoms. The summed E-state index contributed by atoms with van der Waals surface area (Å²) in [4.78, 5) is 13.7. The molecule has 8 atom stereocenters. The second-order valence-corrected chi connectivity index (χ2v) is 9.94. The zero-order valence-electron chi connectivity index (χ0n) is 21.5. The van der Waals surface area contributed by atoms with E-state index in [0.717, 1.165) is 24.3 Å². The largest absolute Gasteiger partial charge is 0.508 e. The standard InChI is InChI=1S/C26H28O16/c27-6-15-17(33)19(35)22(42-25-23(36)26(37,7-28)8-38-25)24(40-15)41-21-18(34)16-13(32)4-10(29)5-14(16)39-20(21)9-1-2-11(30)12(31)3-9/h1-5,15,17,19,22-25,27-33,35-37H,6-8H2/t15?,17?,19?,22?,23-,24?,25+,26+/m0/s1. The van der Waals surface area contributed by atoms with E-state index in [1.54, 1.807) is 0 Å². The van der Waals surface area contributed by atoms with Crippen LogP contribution in [0.3, 0.4) is 0 Å². The van der Waals surface area contributed by atoms with Gasteiger partial charge < -0.3 is 74.4 Å². The van der Waals surface area contributed by atoms with E-state index in [2.05, 4.69) is 0 Å². The molecule has 3 aromatic rings. The first kappa shape index (κ1) is 29.8. The quantitative estimate of drug-likeness (QED) is 0.131. The molecule has 0 saturated carbocycles. The van der Waals surface area contributed by atoms with Crippen LogP contribution in [0.1, 0.15) is 0 Å². The lowest BCUT2D eigenvalue weighted by Crippen LogP contribution is -2.62. The predicted molar refractivity (Wildman–Crippen MR) is 136 cm³/mol. The minimum atomic E-state index is -2.12. The molecule has 3 heterocycles. The second kappa shape index (κ2) is 11.2. The summed E-state index contributed by atoms with van der Waals surface area (Å²) in [5.74, 6) is -3.39. The third kappa shape index (κ3) is 5.08. The van der Waals surface area contributed by atoms with Crippen molar-refractivity contribution in [2.75, 3.05) is 19.8 Å². The SMILES string of the molecule is O=c1c(OC2OC(CO)C(O)C(O)C2O[C@H]2OC[C@](O)(CO)[C@H]2O)c(-c2ccc(O)c(O)c2)oc2cc(O)cc(O)c12. The van der Waals surface area contributed by atoms with Crippen LogP contribution in [-0.4, -0.2) is 120 Å². The third-order valence-electron chi connectivity index (χ3n) is 7.08. The van der Waals surface area contributed by atoms with E-state index in [4.69, 9.17) is 23.4 Å². The van der Waals surface area contributed by atoms with Crippen LogP contribution in [0.4, 0.5) is 0 Å². The van der Waals surface area contributed by atoms with E-state index in [1.165, 1.54) is 6.07 Å². The Morgan fingerprint density at radius 2 is 1.67 bits per heavy atom. The van der Waals surface area contributed by atoms with Crippen molar-refractivity contribution >= 4 is 11.0 Å². The van der Waals surface area contributed by atoms with Gasteiger partial charge in [-0.2, -0.15) is 0 Å². The lowest BCUT2D eigenvalue weighted by atomic mass is 9.98. The number of ether oxygens (including phenoxy) is 4. The van der Waals surface area contributed by atoms with Gasteiger partial charge in [0, 0.05) is 17.7 Å². The molecule has 10 N–H and O–H groups in total. The molecular weight excluding hydrogens is 568 g/mol. The summed E-state index contributed by atoms with van der Waals surface area (Å²) in [5, 5.41) is 101. The maximum Gasteiger partial charge on any atom is 0.239 e. The van der Waals surface area contributed by atoms with Crippen molar-refractivity contribution in [1.29, 1.82) is 0 Å². The van der Waals surface area contributed by atoms with Gasteiger partial charge in [-0.25, -0.2) is 0 Å². The van der Waals surface area contributed by atoms with E-state index in [0.29, 0.717) is 0 Å². The number of aromatic hydroxyl groups is 4. The van der Waals surface area contributed by atoms with Gasteiger partial charge >= 0.3 is 0 Å². The lowest BCUT2D eigenvalue weighted by molar-refractivity contribution is -0.319. The molecule has 0 bridgehead atoms. The van der Waals surface area contributed by atoms with Crippen LogP contribution in [0.15, 0.2) is 39.5 Å². The number of hydrogen-bond acceptors (Lipinski definition) is 16. The minimum absolute atomic E-state index is 0.0442.